The number of hydrogen-bond donors (Lipinski definition) is 1. The number of hydrogen-bond acceptors (Lipinski definition) is 3. The summed E-state index contributed by atoms with van der Waals surface area (Å²) in [7, 11) is 0. The molecule has 7 heteroatoms. The number of halogens is 2. The van der Waals surface area contributed by atoms with Crippen molar-refractivity contribution in [1.29, 1.82) is 0 Å². The predicted molar refractivity (Wildman–Crippen MR) is 104 cm³/mol. The summed E-state index contributed by atoms with van der Waals surface area (Å²) in [6.07, 6.45) is -0.414. The van der Waals surface area contributed by atoms with Crippen molar-refractivity contribution in [2.24, 2.45) is 4.99 Å². The van der Waals surface area contributed by atoms with Gasteiger partial charge in [0.1, 0.15) is 5.82 Å². The molecule has 0 saturated carbocycles. The van der Waals surface area contributed by atoms with Gasteiger partial charge < -0.3 is 9.64 Å². The molecule has 2 saturated heterocycles. The van der Waals surface area contributed by atoms with Gasteiger partial charge >= 0.3 is 0 Å². The lowest BCUT2D eigenvalue weighted by Crippen LogP contribution is -2.60. The molecule has 0 aromatic heterocycles. The number of benzene rings is 2. The third-order valence-corrected chi connectivity index (χ3v) is 6.01. The molecule has 1 amide bonds. The van der Waals surface area contributed by atoms with E-state index in [1.54, 1.807) is 12.1 Å². The second kappa shape index (κ2) is 6.91. The number of nitrogens with zero attached hydrogens (tertiary/aromatic N) is 2. The molecule has 0 aliphatic carbocycles. The first-order valence-corrected chi connectivity index (χ1v) is 9.79. The molecule has 29 heavy (non-hydrogen) atoms. The first-order valence-electron chi connectivity index (χ1n) is 9.79. The number of ether oxygens (including phenoxy) is 1. The molecular weight excluding hydrogens is 376 g/mol. The van der Waals surface area contributed by atoms with E-state index in [4.69, 9.17) is 9.73 Å². The number of amides is 1. The molecule has 1 N–H and O–H groups in total. The van der Waals surface area contributed by atoms with Crippen LogP contribution >= 0.6 is 0 Å². The molecule has 0 spiro atoms. The van der Waals surface area contributed by atoms with Crippen LogP contribution in [-0.2, 0) is 22.7 Å². The van der Waals surface area contributed by atoms with Crippen LogP contribution in [0.4, 0.5) is 14.5 Å². The van der Waals surface area contributed by atoms with Crippen LogP contribution in [0, 0.1) is 12.7 Å². The molecule has 150 valence electrons. The van der Waals surface area contributed by atoms with E-state index in [1.807, 2.05) is 24.0 Å². The summed E-state index contributed by atoms with van der Waals surface area (Å²) in [4.78, 5) is 18.8. The van der Waals surface area contributed by atoms with Crippen molar-refractivity contribution in [2.75, 3.05) is 0 Å². The molecule has 5 rings (SSSR count). The third kappa shape index (κ3) is 3.09. The highest BCUT2D eigenvalue weighted by atomic mass is 19.1. The average molecular weight is 397 g/mol. The summed E-state index contributed by atoms with van der Waals surface area (Å²) in [5, 5.41) is 2.65. The summed E-state index contributed by atoms with van der Waals surface area (Å²) in [5.74, 6) is -0.627. The normalized spacial score (nSPS) is 27.1. The van der Waals surface area contributed by atoms with E-state index in [-0.39, 0.29) is 11.9 Å². The average Bonchev–Trinajstić information content (AvgIpc) is 3.34. The van der Waals surface area contributed by atoms with E-state index >= 15 is 0 Å². The summed E-state index contributed by atoms with van der Waals surface area (Å²) in [6.45, 7) is 3.09. The molecule has 2 aromatic carbocycles. The van der Waals surface area contributed by atoms with E-state index in [0.29, 0.717) is 32.0 Å². The van der Waals surface area contributed by atoms with Crippen LogP contribution in [-0.4, -0.2) is 29.0 Å². The van der Waals surface area contributed by atoms with Crippen LogP contribution in [0.15, 0.2) is 41.4 Å². The van der Waals surface area contributed by atoms with Gasteiger partial charge in [-0.05, 0) is 60.2 Å². The van der Waals surface area contributed by atoms with Gasteiger partial charge in [-0.25, -0.2) is 13.8 Å². The number of carbonyl (C=O) groups excluding carboxylic acids is 1. The quantitative estimate of drug-likeness (QED) is 0.838. The molecule has 5 nitrogen and oxygen atoms in total. The topological polar surface area (TPSA) is 53.9 Å². The number of alkyl halides is 1. The van der Waals surface area contributed by atoms with Crippen LogP contribution in [0.3, 0.4) is 0 Å². The number of aryl methyl sites for hydroxylation is 1. The lowest BCUT2D eigenvalue weighted by Gasteiger charge is -2.38. The molecule has 3 heterocycles. The number of aliphatic imine (C=N–C) groups is 1. The molecule has 2 fully saturated rings. The molecule has 3 aliphatic heterocycles. The molecule has 3 atom stereocenters. The zero-order valence-corrected chi connectivity index (χ0v) is 16.0. The fourth-order valence-electron chi connectivity index (χ4n) is 4.52. The number of carbonyl (C=O) groups is 1. The van der Waals surface area contributed by atoms with Crippen LogP contribution in [0.5, 0.6) is 0 Å². The maximum Gasteiger partial charge on any atom is 0.263 e. The summed E-state index contributed by atoms with van der Waals surface area (Å²) in [6, 6.07) is 9.49. The summed E-state index contributed by atoms with van der Waals surface area (Å²) in [5.41, 5.74) is 4.79. The first kappa shape index (κ1) is 18.2. The van der Waals surface area contributed by atoms with E-state index in [0.717, 1.165) is 27.9 Å². The molecule has 2 aromatic rings. The standard InChI is InChI=1S/C22H21F2N3O2/c1-12-8-14-10-29-11-15(14)9-17(12)25-22-26-21(28)20(24)19-7-6-18(27(19)22)13-2-4-16(23)5-3-13/h2-5,8-9,18-20H,6-7,10-11H2,1H3,(H,25,26,28). The smallest absolute Gasteiger partial charge is 0.263 e. The van der Waals surface area contributed by atoms with Gasteiger partial charge in [0.15, 0.2) is 6.17 Å². The van der Waals surface area contributed by atoms with Crippen molar-refractivity contribution in [3.05, 3.63) is 64.5 Å². The zero-order chi connectivity index (χ0) is 20.1. The highest BCUT2D eigenvalue weighted by Gasteiger charge is 2.48. The Kier molecular flexibility index (Phi) is 4.35. The number of rotatable bonds is 2. The van der Waals surface area contributed by atoms with Gasteiger partial charge in [-0.1, -0.05) is 18.2 Å². The fourth-order valence-corrected chi connectivity index (χ4v) is 4.52. The molecule has 3 aliphatic rings. The van der Waals surface area contributed by atoms with Gasteiger partial charge in [0.2, 0.25) is 5.96 Å². The van der Waals surface area contributed by atoms with Crippen LogP contribution < -0.4 is 5.32 Å². The minimum absolute atomic E-state index is 0.170. The largest absolute Gasteiger partial charge is 0.372 e. The van der Waals surface area contributed by atoms with Gasteiger partial charge in [0.25, 0.3) is 5.91 Å². The summed E-state index contributed by atoms with van der Waals surface area (Å²) >= 11 is 0. The monoisotopic (exact) mass is 397 g/mol. The van der Waals surface area contributed by atoms with Gasteiger partial charge in [-0.2, -0.15) is 0 Å². The van der Waals surface area contributed by atoms with E-state index < -0.39 is 18.1 Å². The lowest BCUT2D eigenvalue weighted by molar-refractivity contribution is -0.128. The Bertz CT molecular complexity index is 1010. The third-order valence-electron chi connectivity index (χ3n) is 6.01. The van der Waals surface area contributed by atoms with Crippen LogP contribution in [0.25, 0.3) is 0 Å². The van der Waals surface area contributed by atoms with E-state index in [9.17, 15) is 13.6 Å². The van der Waals surface area contributed by atoms with Gasteiger partial charge in [0.05, 0.1) is 31.0 Å². The number of nitrogens with one attached hydrogen (secondary N) is 1. The molecular formula is C22H21F2N3O2. The van der Waals surface area contributed by atoms with Crippen molar-refractivity contribution >= 4 is 17.6 Å². The number of guanidine groups is 1. The highest BCUT2D eigenvalue weighted by Crippen LogP contribution is 2.40. The second-order valence-corrected chi connectivity index (χ2v) is 7.85. The maximum absolute atomic E-state index is 14.7. The zero-order valence-electron chi connectivity index (χ0n) is 16.0. The molecule has 3 unspecified atom stereocenters. The molecule has 0 bridgehead atoms. The highest BCUT2D eigenvalue weighted by molar-refractivity contribution is 6.03. The SMILES string of the molecule is Cc1cc2c(cc1N=C1NC(=O)C(F)C3CCC(c4ccc(F)cc4)N13)COC2. The first-order chi connectivity index (χ1) is 14.0. The van der Waals surface area contributed by atoms with Gasteiger partial charge in [-0.15, -0.1) is 0 Å². The maximum atomic E-state index is 14.7. The Balaban J connectivity index is 1.56. The summed E-state index contributed by atoms with van der Waals surface area (Å²) < 4.78 is 33.5. The van der Waals surface area contributed by atoms with Crippen molar-refractivity contribution in [3.8, 4) is 0 Å². The van der Waals surface area contributed by atoms with Gasteiger partial charge in [0, 0.05) is 0 Å². The number of fused-ring (bicyclic) bond motifs is 2. The Labute approximate surface area is 167 Å². The predicted octanol–water partition coefficient (Wildman–Crippen LogP) is 3.83. The van der Waals surface area contributed by atoms with E-state index in [2.05, 4.69) is 5.32 Å². The van der Waals surface area contributed by atoms with Crippen molar-refractivity contribution in [3.63, 3.8) is 0 Å². The van der Waals surface area contributed by atoms with Crippen molar-refractivity contribution in [2.45, 2.75) is 51.2 Å². The minimum Gasteiger partial charge on any atom is -0.372 e. The second-order valence-electron chi connectivity index (χ2n) is 7.85. The fraction of sp³-hybridized carbons (Fsp3) is 0.364. The van der Waals surface area contributed by atoms with Gasteiger partial charge in [-0.3, -0.25) is 10.1 Å². The van der Waals surface area contributed by atoms with Crippen molar-refractivity contribution < 1.29 is 18.3 Å². The van der Waals surface area contributed by atoms with Crippen LogP contribution in [0.1, 0.15) is 41.1 Å². The Morgan fingerprint density at radius 3 is 2.62 bits per heavy atom. The Morgan fingerprint density at radius 2 is 1.86 bits per heavy atom. The Hall–Kier alpha value is -2.80. The van der Waals surface area contributed by atoms with Crippen molar-refractivity contribution in [1.82, 2.24) is 10.2 Å². The minimum atomic E-state index is -1.62. The van der Waals surface area contributed by atoms with E-state index in [1.165, 1.54) is 12.1 Å². The van der Waals surface area contributed by atoms with Crippen LogP contribution in [0.2, 0.25) is 0 Å². The molecule has 0 radical (unpaired) electrons. The lowest BCUT2D eigenvalue weighted by atomic mass is 10.0. The Morgan fingerprint density at radius 1 is 1.14 bits per heavy atom.